The fourth-order valence-electron chi connectivity index (χ4n) is 3.46. The molecular formula is C18H24N4O2. The van der Waals surface area contributed by atoms with Crippen LogP contribution in [0.5, 0.6) is 0 Å². The standard InChI is InChI=1S/C18H24N4O2/c1-17(2,3)24-16(23)21-9-6-18(7-10-21)8-11-22(18)15-5-4-14(12-19)13-20-15/h4-5,13H,6-11H2,1-3H3. The zero-order valence-corrected chi connectivity index (χ0v) is 14.6. The quantitative estimate of drug-likeness (QED) is 0.793. The second kappa shape index (κ2) is 5.97. The molecule has 0 aliphatic carbocycles. The van der Waals surface area contributed by atoms with Gasteiger partial charge in [0.1, 0.15) is 17.5 Å². The van der Waals surface area contributed by atoms with Crippen molar-refractivity contribution >= 4 is 11.9 Å². The third kappa shape index (κ3) is 3.16. The summed E-state index contributed by atoms with van der Waals surface area (Å²) in [6.07, 6.45) is 4.37. The van der Waals surface area contributed by atoms with E-state index in [-0.39, 0.29) is 11.6 Å². The molecule has 6 nitrogen and oxygen atoms in total. The molecule has 0 atom stereocenters. The number of hydrogen-bond acceptors (Lipinski definition) is 5. The summed E-state index contributed by atoms with van der Waals surface area (Å²) in [7, 11) is 0. The van der Waals surface area contributed by atoms with Gasteiger partial charge in [-0.3, -0.25) is 0 Å². The van der Waals surface area contributed by atoms with Gasteiger partial charge >= 0.3 is 6.09 Å². The third-order valence-electron chi connectivity index (χ3n) is 4.87. The van der Waals surface area contributed by atoms with Crippen LogP contribution in [-0.2, 0) is 4.74 Å². The number of ether oxygens (including phenoxy) is 1. The number of nitrogens with zero attached hydrogens (tertiary/aromatic N) is 4. The Morgan fingerprint density at radius 1 is 1.25 bits per heavy atom. The van der Waals surface area contributed by atoms with E-state index in [9.17, 15) is 4.79 Å². The zero-order valence-electron chi connectivity index (χ0n) is 14.6. The molecule has 2 saturated heterocycles. The third-order valence-corrected chi connectivity index (χ3v) is 4.87. The lowest BCUT2D eigenvalue weighted by molar-refractivity contribution is 0.0129. The van der Waals surface area contributed by atoms with Gasteiger partial charge in [-0.1, -0.05) is 0 Å². The zero-order chi connectivity index (χ0) is 17.4. The molecule has 0 saturated carbocycles. The molecule has 1 spiro atoms. The molecule has 0 unspecified atom stereocenters. The number of anilines is 1. The fraction of sp³-hybridized carbons (Fsp3) is 0.611. The van der Waals surface area contributed by atoms with Crippen LogP contribution in [-0.4, -0.2) is 46.8 Å². The van der Waals surface area contributed by atoms with Gasteiger partial charge in [0.15, 0.2) is 0 Å². The highest BCUT2D eigenvalue weighted by molar-refractivity contribution is 5.68. The lowest BCUT2D eigenvalue weighted by Gasteiger charge is -2.57. The SMILES string of the molecule is CC(C)(C)OC(=O)N1CCC2(CC1)CCN2c1ccc(C#N)cn1. The second-order valence-electron chi connectivity index (χ2n) is 7.61. The summed E-state index contributed by atoms with van der Waals surface area (Å²) in [6.45, 7) is 8.07. The van der Waals surface area contributed by atoms with Gasteiger partial charge in [0, 0.05) is 31.4 Å². The van der Waals surface area contributed by atoms with Gasteiger partial charge in [-0.15, -0.1) is 0 Å². The molecule has 3 rings (SSSR count). The highest BCUT2D eigenvalue weighted by atomic mass is 16.6. The second-order valence-corrected chi connectivity index (χ2v) is 7.61. The maximum atomic E-state index is 12.2. The van der Waals surface area contributed by atoms with Gasteiger partial charge < -0.3 is 14.5 Å². The van der Waals surface area contributed by atoms with Crippen LogP contribution in [0, 0.1) is 11.3 Å². The normalized spacial score (nSPS) is 19.6. The molecule has 0 aromatic carbocycles. The predicted molar refractivity (Wildman–Crippen MR) is 90.7 cm³/mol. The van der Waals surface area contributed by atoms with Gasteiger partial charge in [-0.2, -0.15) is 5.26 Å². The summed E-state index contributed by atoms with van der Waals surface area (Å²) in [6, 6.07) is 5.82. The van der Waals surface area contributed by atoms with Gasteiger partial charge in [-0.05, 0) is 52.2 Å². The molecule has 6 heteroatoms. The smallest absolute Gasteiger partial charge is 0.410 e. The van der Waals surface area contributed by atoms with Crippen molar-refractivity contribution in [2.24, 2.45) is 0 Å². The van der Waals surface area contributed by atoms with Crippen molar-refractivity contribution in [1.82, 2.24) is 9.88 Å². The van der Waals surface area contributed by atoms with E-state index in [0.29, 0.717) is 18.7 Å². The van der Waals surface area contributed by atoms with Crippen molar-refractivity contribution in [2.75, 3.05) is 24.5 Å². The number of carbonyl (C=O) groups excluding carboxylic acids is 1. The molecule has 1 amide bonds. The number of nitriles is 1. The summed E-state index contributed by atoms with van der Waals surface area (Å²) in [5, 5.41) is 8.89. The first-order chi connectivity index (χ1) is 11.3. The molecule has 2 aliphatic heterocycles. The molecule has 2 fully saturated rings. The Hall–Kier alpha value is -2.29. The van der Waals surface area contributed by atoms with Crippen LogP contribution in [0.4, 0.5) is 10.6 Å². The fourth-order valence-corrected chi connectivity index (χ4v) is 3.46. The molecule has 1 aromatic heterocycles. The van der Waals surface area contributed by atoms with Crippen molar-refractivity contribution in [3.63, 3.8) is 0 Å². The number of piperidine rings is 1. The maximum Gasteiger partial charge on any atom is 0.410 e. The molecule has 24 heavy (non-hydrogen) atoms. The minimum atomic E-state index is -0.457. The van der Waals surface area contributed by atoms with Crippen LogP contribution >= 0.6 is 0 Å². The van der Waals surface area contributed by atoms with Crippen LogP contribution in [0.3, 0.4) is 0 Å². The van der Waals surface area contributed by atoms with E-state index in [1.807, 2.05) is 32.9 Å². The molecule has 1 aromatic rings. The number of aromatic nitrogens is 1. The van der Waals surface area contributed by atoms with Gasteiger partial charge in [0.05, 0.1) is 5.56 Å². The lowest BCUT2D eigenvalue weighted by Crippen LogP contribution is -2.65. The number of hydrogen-bond donors (Lipinski definition) is 0. The lowest BCUT2D eigenvalue weighted by atomic mass is 9.76. The van der Waals surface area contributed by atoms with E-state index in [2.05, 4.69) is 16.0 Å². The van der Waals surface area contributed by atoms with Crippen molar-refractivity contribution in [3.8, 4) is 6.07 Å². The van der Waals surface area contributed by atoms with Crippen LogP contribution in [0.1, 0.15) is 45.6 Å². The summed E-state index contributed by atoms with van der Waals surface area (Å²) >= 11 is 0. The molecule has 2 aliphatic rings. The predicted octanol–water partition coefficient (Wildman–Crippen LogP) is 2.93. The molecular weight excluding hydrogens is 304 g/mol. The Morgan fingerprint density at radius 2 is 1.92 bits per heavy atom. The minimum absolute atomic E-state index is 0.0969. The number of pyridine rings is 1. The van der Waals surface area contributed by atoms with E-state index in [4.69, 9.17) is 10.00 Å². The average Bonchev–Trinajstić information content (AvgIpc) is 2.53. The van der Waals surface area contributed by atoms with Crippen molar-refractivity contribution in [2.45, 2.75) is 51.2 Å². The summed E-state index contributed by atoms with van der Waals surface area (Å²) in [4.78, 5) is 20.7. The van der Waals surface area contributed by atoms with Crippen LogP contribution < -0.4 is 4.90 Å². The first kappa shape index (κ1) is 16.6. The van der Waals surface area contributed by atoms with Crippen LogP contribution in [0.2, 0.25) is 0 Å². The first-order valence-electron chi connectivity index (χ1n) is 8.45. The summed E-state index contributed by atoms with van der Waals surface area (Å²) in [5.74, 6) is 0.922. The van der Waals surface area contributed by atoms with Crippen LogP contribution in [0.25, 0.3) is 0 Å². The number of likely N-dealkylation sites (tertiary alicyclic amines) is 1. The van der Waals surface area contributed by atoms with E-state index in [0.717, 1.165) is 31.6 Å². The highest BCUT2D eigenvalue weighted by Crippen LogP contribution is 2.42. The topological polar surface area (TPSA) is 69.5 Å². The van der Waals surface area contributed by atoms with E-state index in [1.54, 1.807) is 11.1 Å². The molecule has 128 valence electrons. The Labute approximate surface area is 143 Å². The van der Waals surface area contributed by atoms with Gasteiger partial charge in [0.2, 0.25) is 0 Å². The van der Waals surface area contributed by atoms with Gasteiger partial charge in [0.25, 0.3) is 0 Å². The Balaban J connectivity index is 1.63. The Kier molecular flexibility index (Phi) is 4.12. The van der Waals surface area contributed by atoms with Crippen LogP contribution in [0.15, 0.2) is 18.3 Å². The van der Waals surface area contributed by atoms with E-state index >= 15 is 0 Å². The number of amides is 1. The van der Waals surface area contributed by atoms with Gasteiger partial charge in [-0.25, -0.2) is 9.78 Å². The Morgan fingerprint density at radius 3 is 2.38 bits per heavy atom. The number of carbonyl (C=O) groups is 1. The average molecular weight is 328 g/mol. The van der Waals surface area contributed by atoms with Crippen molar-refractivity contribution in [1.29, 1.82) is 5.26 Å². The molecule has 0 N–H and O–H groups in total. The maximum absolute atomic E-state index is 12.2. The molecule has 0 bridgehead atoms. The minimum Gasteiger partial charge on any atom is -0.444 e. The monoisotopic (exact) mass is 328 g/mol. The van der Waals surface area contributed by atoms with E-state index < -0.39 is 5.60 Å². The Bertz CT molecular complexity index is 649. The van der Waals surface area contributed by atoms with Crippen molar-refractivity contribution in [3.05, 3.63) is 23.9 Å². The van der Waals surface area contributed by atoms with Crippen molar-refractivity contribution < 1.29 is 9.53 Å². The largest absolute Gasteiger partial charge is 0.444 e. The number of rotatable bonds is 1. The van der Waals surface area contributed by atoms with E-state index in [1.165, 1.54) is 0 Å². The summed E-state index contributed by atoms with van der Waals surface area (Å²) in [5.41, 5.74) is 0.217. The molecule has 3 heterocycles. The molecule has 0 radical (unpaired) electrons. The first-order valence-corrected chi connectivity index (χ1v) is 8.45. The summed E-state index contributed by atoms with van der Waals surface area (Å²) < 4.78 is 5.46. The highest BCUT2D eigenvalue weighted by Gasteiger charge is 2.48.